The Morgan fingerprint density at radius 2 is 2.11 bits per heavy atom. The van der Waals surface area contributed by atoms with E-state index in [2.05, 4.69) is 0 Å². The summed E-state index contributed by atoms with van der Waals surface area (Å²) in [4.78, 5) is 0. The maximum atomic E-state index is 9.00. The molecule has 1 heterocycles. The highest BCUT2D eigenvalue weighted by Crippen LogP contribution is 2.10. The van der Waals surface area contributed by atoms with Crippen LogP contribution in [0.15, 0.2) is 0 Å². The Kier molecular flexibility index (Phi) is 2.05. The molecule has 3 heteroatoms. The summed E-state index contributed by atoms with van der Waals surface area (Å²) in [5, 5.41) is 9.00. The van der Waals surface area contributed by atoms with Gasteiger partial charge in [0, 0.05) is 0 Å². The maximum Gasteiger partial charge on any atom is 0.181 e. The molecule has 0 aromatic rings. The summed E-state index contributed by atoms with van der Waals surface area (Å²) in [6.07, 6.45) is -0.897. The van der Waals surface area contributed by atoms with Gasteiger partial charge in [0.1, 0.15) is 6.10 Å². The molecule has 0 amide bonds. The van der Waals surface area contributed by atoms with Crippen molar-refractivity contribution in [1.82, 2.24) is 0 Å². The van der Waals surface area contributed by atoms with Crippen LogP contribution in [0.1, 0.15) is 13.8 Å². The van der Waals surface area contributed by atoms with E-state index in [0.29, 0.717) is 6.61 Å². The van der Waals surface area contributed by atoms with Gasteiger partial charge in [-0.15, -0.1) is 0 Å². The summed E-state index contributed by atoms with van der Waals surface area (Å²) in [5.74, 6) is 0. The van der Waals surface area contributed by atoms with E-state index in [1.807, 2.05) is 6.92 Å². The van der Waals surface area contributed by atoms with Crippen LogP contribution in [0.25, 0.3) is 0 Å². The Morgan fingerprint density at radius 1 is 1.44 bits per heavy atom. The molecule has 1 N–H and O–H groups in total. The van der Waals surface area contributed by atoms with E-state index >= 15 is 0 Å². The van der Waals surface area contributed by atoms with Crippen LogP contribution in [0.3, 0.4) is 0 Å². The normalized spacial score (nSPS) is 45.0. The molecule has 0 aromatic carbocycles. The fraction of sp³-hybridized carbons (Fsp3) is 1.00. The van der Waals surface area contributed by atoms with Crippen LogP contribution in [0.4, 0.5) is 0 Å². The van der Waals surface area contributed by atoms with Crippen molar-refractivity contribution >= 4 is 0 Å². The molecule has 1 saturated heterocycles. The predicted octanol–water partition coefficient (Wildman–Crippen LogP) is 0.129. The number of aliphatic hydroxyl groups is 1. The monoisotopic (exact) mass is 132 g/mol. The zero-order chi connectivity index (χ0) is 6.85. The summed E-state index contributed by atoms with van der Waals surface area (Å²) in [7, 11) is 0. The molecule has 0 spiro atoms. The molecule has 54 valence electrons. The number of ether oxygens (including phenoxy) is 2. The van der Waals surface area contributed by atoms with Gasteiger partial charge in [0.25, 0.3) is 0 Å². The van der Waals surface area contributed by atoms with E-state index in [1.165, 1.54) is 0 Å². The molecule has 0 aliphatic carbocycles. The first-order valence-corrected chi connectivity index (χ1v) is 3.15. The van der Waals surface area contributed by atoms with E-state index < -0.39 is 6.29 Å². The third-order valence-electron chi connectivity index (χ3n) is 1.37. The fourth-order valence-electron chi connectivity index (χ4n) is 0.758. The molecule has 3 unspecified atom stereocenters. The van der Waals surface area contributed by atoms with E-state index in [0.717, 1.165) is 0 Å². The Morgan fingerprint density at radius 3 is 2.56 bits per heavy atom. The van der Waals surface area contributed by atoms with Crippen LogP contribution in [-0.2, 0) is 9.47 Å². The molecule has 3 nitrogen and oxygen atoms in total. The fourth-order valence-corrected chi connectivity index (χ4v) is 0.758. The van der Waals surface area contributed by atoms with Gasteiger partial charge in [0.05, 0.1) is 12.7 Å². The average molecular weight is 132 g/mol. The maximum absolute atomic E-state index is 9.00. The zero-order valence-corrected chi connectivity index (χ0v) is 5.70. The largest absolute Gasteiger partial charge is 0.371 e. The first kappa shape index (κ1) is 6.99. The molecular formula is C6H12O3. The lowest BCUT2D eigenvalue weighted by atomic mass is 10.3. The number of aliphatic hydroxyl groups excluding tert-OH is 1. The molecule has 3 atom stereocenters. The Labute approximate surface area is 54.6 Å². The zero-order valence-electron chi connectivity index (χ0n) is 5.70. The highest BCUT2D eigenvalue weighted by molar-refractivity contribution is 4.63. The number of rotatable bonds is 0. The van der Waals surface area contributed by atoms with E-state index in [9.17, 15) is 0 Å². The molecule has 1 rings (SSSR count). The van der Waals surface area contributed by atoms with Gasteiger partial charge in [-0.1, -0.05) is 0 Å². The van der Waals surface area contributed by atoms with Crippen molar-refractivity contribution in [1.29, 1.82) is 0 Å². The molecule has 0 saturated carbocycles. The highest BCUT2D eigenvalue weighted by atomic mass is 16.7. The number of hydrogen-bond acceptors (Lipinski definition) is 3. The molecule has 0 radical (unpaired) electrons. The van der Waals surface area contributed by atoms with Crippen LogP contribution >= 0.6 is 0 Å². The average Bonchev–Trinajstić information content (AvgIpc) is 1.80. The lowest BCUT2D eigenvalue weighted by Crippen LogP contribution is -2.40. The van der Waals surface area contributed by atoms with Gasteiger partial charge in [-0.2, -0.15) is 0 Å². The lowest BCUT2D eigenvalue weighted by molar-refractivity contribution is -0.247. The Hall–Kier alpha value is -0.120. The van der Waals surface area contributed by atoms with Crippen molar-refractivity contribution < 1.29 is 14.6 Å². The SMILES string of the molecule is CC1COC(C)C(O)O1. The summed E-state index contributed by atoms with van der Waals surface area (Å²) >= 11 is 0. The standard InChI is InChI=1S/C6H12O3/c1-4-3-8-5(2)6(7)9-4/h4-7H,3H2,1-2H3. The highest BCUT2D eigenvalue weighted by Gasteiger charge is 2.23. The van der Waals surface area contributed by atoms with Crippen molar-refractivity contribution in [2.75, 3.05) is 6.61 Å². The smallest absolute Gasteiger partial charge is 0.181 e. The molecule has 0 bridgehead atoms. The predicted molar refractivity (Wildman–Crippen MR) is 32.0 cm³/mol. The van der Waals surface area contributed by atoms with Crippen molar-refractivity contribution in [3.63, 3.8) is 0 Å². The van der Waals surface area contributed by atoms with Crippen LogP contribution in [0.5, 0.6) is 0 Å². The molecule has 0 aromatic heterocycles. The van der Waals surface area contributed by atoms with Crippen molar-refractivity contribution in [2.24, 2.45) is 0 Å². The minimum atomic E-state index is -0.742. The van der Waals surface area contributed by atoms with E-state index in [-0.39, 0.29) is 12.2 Å². The number of hydrogen-bond donors (Lipinski definition) is 1. The van der Waals surface area contributed by atoms with Crippen molar-refractivity contribution in [2.45, 2.75) is 32.3 Å². The Bertz CT molecular complexity index is 94.3. The van der Waals surface area contributed by atoms with Crippen molar-refractivity contribution in [3.05, 3.63) is 0 Å². The Balaban J connectivity index is 2.35. The third kappa shape index (κ3) is 1.64. The van der Waals surface area contributed by atoms with Gasteiger partial charge in [0.15, 0.2) is 6.29 Å². The second-order valence-corrected chi connectivity index (χ2v) is 2.38. The summed E-state index contributed by atoms with van der Waals surface area (Å²) in [5.41, 5.74) is 0. The minimum Gasteiger partial charge on any atom is -0.371 e. The van der Waals surface area contributed by atoms with Crippen molar-refractivity contribution in [3.8, 4) is 0 Å². The second-order valence-electron chi connectivity index (χ2n) is 2.38. The van der Waals surface area contributed by atoms with E-state index in [4.69, 9.17) is 14.6 Å². The molecule has 1 aliphatic heterocycles. The summed E-state index contributed by atoms with van der Waals surface area (Å²) in [6.45, 7) is 4.24. The van der Waals surface area contributed by atoms with Gasteiger partial charge in [0.2, 0.25) is 0 Å². The van der Waals surface area contributed by atoms with Crippen LogP contribution in [0, 0.1) is 0 Å². The van der Waals surface area contributed by atoms with Gasteiger partial charge in [-0.3, -0.25) is 0 Å². The summed E-state index contributed by atoms with van der Waals surface area (Å²) in [6, 6.07) is 0. The lowest BCUT2D eigenvalue weighted by Gasteiger charge is -2.29. The molecule has 9 heavy (non-hydrogen) atoms. The van der Waals surface area contributed by atoms with Crippen LogP contribution < -0.4 is 0 Å². The second kappa shape index (κ2) is 2.64. The first-order chi connectivity index (χ1) is 4.20. The third-order valence-corrected chi connectivity index (χ3v) is 1.37. The van der Waals surface area contributed by atoms with Gasteiger partial charge in [-0.05, 0) is 13.8 Å². The van der Waals surface area contributed by atoms with Gasteiger partial charge < -0.3 is 14.6 Å². The topological polar surface area (TPSA) is 38.7 Å². The van der Waals surface area contributed by atoms with E-state index in [1.54, 1.807) is 6.92 Å². The van der Waals surface area contributed by atoms with Crippen LogP contribution in [0.2, 0.25) is 0 Å². The molecule has 1 aliphatic rings. The first-order valence-electron chi connectivity index (χ1n) is 3.15. The molecule has 1 fully saturated rings. The molecular weight excluding hydrogens is 120 g/mol. The minimum absolute atomic E-state index is 0.0243. The quantitative estimate of drug-likeness (QED) is 0.509. The van der Waals surface area contributed by atoms with Gasteiger partial charge >= 0.3 is 0 Å². The van der Waals surface area contributed by atoms with Crippen LogP contribution in [-0.4, -0.2) is 30.2 Å². The van der Waals surface area contributed by atoms with Gasteiger partial charge in [-0.25, -0.2) is 0 Å². The summed E-state index contributed by atoms with van der Waals surface area (Å²) < 4.78 is 10.2.